The van der Waals surface area contributed by atoms with Crippen molar-refractivity contribution in [1.82, 2.24) is 5.32 Å². The number of hydrogen-bond donors (Lipinski definition) is 2. The van der Waals surface area contributed by atoms with Gasteiger partial charge >= 0.3 is 0 Å². The summed E-state index contributed by atoms with van der Waals surface area (Å²) in [5.74, 6) is 0.712. The number of aliphatic hydroxyl groups is 1. The predicted molar refractivity (Wildman–Crippen MR) is 84.7 cm³/mol. The quantitative estimate of drug-likeness (QED) is 0.537. The summed E-state index contributed by atoms with van der Waals surface area (Å²) in [5.41, 5.74) is -0.204. The lowest BCUT2D eigenvalue weighted by atomic mass is 9.91. The standard InChI is InChI=1S/C16H26FNOS/c1-4-16(12-19,18-13(2)3)10-7-11-20-15-9-6-5-8-14(15)17/h5-6,8-9,13,18-19H,4,7,10-12H2,1-3H3. The minimum absolute atomic E-state index is 0.145. The van der Waals surface area contributed by atoms with E-state index in [0.29, 0.717) is 10.9 Å². The maximum absolute atomic E-state index is 13.5. The normalized spacial score (nSPS) is 14.5. The van der Waals surface area contributed by atoms with Gasteiger partial charge in [-0.15, -0.1) is 11.8 Å². The molecule has 1 unspecified atom stereocenters. The summed E-state index contributed by atoms with van der Waals surface area (Å²) in [5, 5.41) is 13.1. The van der Waals surface area contributed by atoms with Gasteiger partial charge in [0.25, 0.3) is 0 Å². The zero-order valence-electron chi connectivity index (χ0n) is 12.7. The molecule has 0 aliphatic carbocycles. The highest BCUT2D eigenvalue weighted by molar-refractivity contribution is 7.99. The van der Waals surface area contributed by atoms with Gasteiger partial charge in [-0.3, -0.25) is 0 Å². The first kappa shape index (κ1) is 17.5. The number of benzene rings is 1. The minimum Gasteiger partial charge on any atom is -0.394 e. The van der Waals surface area contributed by atoms with Crippen LogP contribution in [0.3, 0.4) is 0 Å². The molecule has 1 atom stereocenters. The van der Waals surface area contributed by atoms with Crippen molar-refractivity contribution in [3.8, 4) is 0 Å². The lowest BCUT2D eigenvalue weighted by Crippen LogP contribution is -2.51. The van der Waals surface area contributed by atoms with E-state index in [1.54, 1.807) is 17.8 Å². The first-order chi connectivity index (χ1) is 9.53. The van der Waals surface area contributed by atoms with E-state index in [-0.39, 0.29) is 18.0 Å². The summed E-state index contributed by atoms with van der Waals surface area (Å²) in [4.78, 5) is 0.704. The maximum Gasteiger partial charge on any atom is 0.136 e. The number of thioether (sulfide) groups is 1. The van der Waals surface area contributed by atoms with Gasteiger partial charge in [0.15, 0.2) is 0 Å². The van der Waals surface area contributed by atoms with Crippen molar-refractivity contribution >= 4 is 11.8 Å². The molecule has 2 N–H and O–H groups in total. The molecule has 0 fully saturated rings. The molecule has 1 aromatic rings. The third-order valence-electron chi connectivity index (χ3n) is 3.47. The average molecular weight is 299 g/mol. The lowest BCUT2D eigenvalue weighted by Gasteiger charge is -2.34. The third-order valence-corrected chi connectivity index (χ3v) is 4.60. The molecular weight excluding hydrogens is 273 g/mol. The Balaban J connectivity index is 2.43. The third kappa shape index (κ3) is 5.43. The molecule has 0 amide bonds. The highest BCUT2D eigenvalue weighted by Gasteiger charge is 2.27. The van der Waals surface area contributed by atoms with Gasteiger partial charge in [-0.25, -0.2) is 4.39 Å². The van der Waals surface area contributed by atoms with Gasteiger partial charge < -0.3 is 10.4 Å². The molecule has 0 aliphatic heterocycles. The van der Waals surface area contributed by atoms with Crippen LogP contribution in [0, 0.1) is 5.82 Å². The molecule has 0 saturated carbocycles. The molecule has 1 aromatic carbocycles. The number of rotatable bonds is 9. The fourth-order valence-electron chi connectivity index (χ4n) is 2.35. The van der Waals surface area contributed by atoms with Crippen molar-refractivity contribution in [3.63, 3.8) is 0 Å². The molecule has 114 valence electrons. The second-order valence-electron chi connectivity index (χ2n) is 5.47. The largest absolute Gasteiger partial charge is 0.394 e. The summed E-state index contributed by atoms with van der Waals surface area (Å²) in [6.45, 7) is 6.42. The molecule has 20 heavy (non-hydrogen) atoms. The number of halogens is 1. The maximum atomic E-state index is 13.5. The molecule has 0 aromatic heterocycles. The smallest absolute Gasteiger partial charge is 0.136 e. The van der Waals surface area contributed by atoms with E-state index in [1.165, 1.54) is 6.07 Å². The van der Waals surface area contributed by atoms with Gasteiger partial charge in [-0.2, -0.15) is 0 Å². The first-order valence-corrected chi connectivity index (χ1v) is 8.27. The number of hydrogen-bond acceptors (Lipinski definition) is 3. The van der Waals surface area contributed by atoms with Gasteiger partial charge in [0, 0.05) is 16.5 Å². The molecule has 0 bridgehead atoms. The van der Waals surface area contributed by atoms with Crippen LogP contribution in [0.1, 0.15) is 40.0 Å². The summed E-state index contributed by atoms with van der Waals surface area (Å²) in [6, 6.07) is 7.22. The van der Waals surface area contributed by atoms with E-state index in [4.69, 9.17) is 0 Å². The Bertz CT molecular complexity index is 394. The number of nitrogens with one attached hydrogen (secondary N) is 1. The van der Waals surface area contributed by atoms with Crippen LogP contribution < -0.4 is 5.32 Å². The molecule has 0 aliphatic rings. The van der Waals surface area contributed by atoms with Gasteiger partial charge in [-0.05, 0) is 37.1 Å². The Hall–Kier alpha value is -0.580. The van der Waals surface area contributed by atoms with Gasteiger partial charge in [0.2, 0.25) is 0 Å². The fourth-order valence-corrected chi connectivity index (χ4v) is 3.24. The van der Waals surface area contributed by atoms with Crippen molar-refractivity contribution in [2.24, 2.45) is 0 Å². The molecule has 2 nitrogen and oxygen atoms in total. The SMILES string of the molecule is CCC(CO)(CCCSc1ccccc1F)NC(C)C. The lowest BCUT2D eigenvalue weighted by molar-refractivity contribution is 0.137. The molecule has 0 heterocycles. The van der Waals surface area contributed by atoms with Crippen LogP contribution in [0.25, 0.3) is 0 Å². The highest BCUT2D eigenvalue weighted by atomic mass is 32.2. The zero-order valence-corrected chi connectivity index (χ0v) is 13.5. The number of aliphatic hydroxyl groups excluding tert-OH is 1. The van der Waals surface area contributed by atoms with E-state index in [0.717, 1.165) is 25.0 Å². The van der Waals surface area contributed by atoms with E-state index in [1.807, 2.05) is 12.1 Å². The monoisotopic (exact) mass is 299 g/mol. The Morgan fingerprint density at radius 2 is 2.05 bits per heavy atom. The fraction of sp³-hybridized carbons (Fsp3) is 0.625. The van der Waals surface area contributed by atoms with E-state index in [9.17, 15) is 9.50 Å². The second-order valence-corrected chi connectivity index (χ2v) is 6.61. The van der Waals surface area contributed by atoms with Gasteiger partial charge in [0.1, 0.15) is 5.82 Å². The Kier molecular flexibility index (Phi) is 7.56. The van der Waals surface area contributed by atoms with Crippen molar-refractivity contribution in [2.45, 2.75) is 56.5 Å². The predicted octanol–water partition coefficient (Wildman–Crippen LogP) is 3.84. The molecule has 4 heteroatoms. The summed E-state index contributed by atoms with van der Waals surface area (Å²) >= 11 is 1.54. The van der Waals surface area contributed by atoms with Crippen LogP contribution in [0.15, 0.2) is 29.2 Å². The Labute approximate surface area is 126 Å². The summed E-state index contributed by atoms with van der Waals surface area (Å²) < 4.78 is 13.5. The molecule has 1 rings (SSSR count). The van der Waals surface area contributed by atoms with Crippen LogP contribution >= 0.6 is 11.8 Å². The van der Waals surface area contributed by atoms with Crippen LogP contribution in [-0.4, -0.2) is 29.0 Å². The van der Waals surface area contributed by atoms with Gasteiger partial charge in [-0.1, -0.05) is 32.9 Å². The zero-order chi connectivity index (χ0) is 15.0. The average Bonchev–Trinajstić information content (AvgIpc) is 2.43. The van der Waals surface area contributed by atoms with Crippen molar-refractivity contribution in [3.05, 3.63) is 30.1 Å². The summed E-state index contributed by atoms with van der Waals surface area (Å²) in [7, 11) is 0. The van der Waals surface area contributed by atoms with Crippen LogP contribution in [-0.2, 0) is 0 Å². The van der Waals surface area contributed by atoms with E-state index >= 15 is 0 Å². The van der Waals surface area contributed by atoms with Crippen molar-refractivity contribution < 1.29 is 9.50 Å². The topological polar surface area (TPSA) is 32.3 Å². The van der Waals surface area contributed by atoms with E-state index < -0.39 is 0 Å². The van der Waals surface area contributed by atoms with E-state index in [2.05, 4.69) is 26.1 Å². The Morgan fingerprint density at radius 3 is 2.60 bits per heavy atom. The second kappa shape index (κ2) is 8.65. The molecule has 0 spiro atoms. The van der Waals surface area contributed by atoms with Crippen LogP contribution in [0.2, 0.25) is 0 Å². The molecule has 0 radical (unpaired) electrons. The highest BCUT2D eigenvalue weighted by Crippen LogP contribution is 2.25. The van der Waals surface area contributed by atoms with Crippen LogP contribution in [0.5, 0.6) is 0 Å². The first-order valence-electron chi connectivity index (χ1n) is 7.29. The Morgan fingerprint density at radius 1 is 1.35 bits per heavy atom. The molecule has 0 saturated heterocycles. The van der Waals surface area contributed by atoms with Crippen LogP contribution in [0.4, 0.5) is 4.39 Å². The summed E-state index contributed by atoms with van der Waals surface area (Å²) in [6.07, 6.45) is 2.75. The van der Waals surface area contributed by atoms with Crippen molar-refractivity contribution in [2.75, 3.05) is 12.4 Å². The van der Waals surface area contributed by atoms with Gasteiger partial charge in [0.05, 0.1) is 6.61 Å². The minimum atomic E-state index is -0.204. The van der Waals surface area contributed by atoms with Crippen molar-refractivity contribution in [1.29, 1.82) is 0 Å². The molecular formula is C16H26FNOS.